The number of aliphatic hydroxyl groups is 1. The summed E-state index contributed by atoms with van der Waals surface area (Å²) in [6.45, 7) is 9.08. The van der Waals surface area contributed by atoms with E-state index in [1.54, 1.807) is 24.3 Å². The smallest absolute Gasteiger partial charge is 0.121 e. The first-order valence-electron chi connectivity index (χ1n) is 8.49. The predicted molar refractivity (Wildman–Crippen MR) is 97.5 cm³/mol. The summed E-state index contributed by atoms with van der Waals surface area (Å²) < 4.78 is 5.66. The molecule has 0 amide bonds. The molecule has 3 nitrogen and oxygen atoms in total. The summed E-state index contributed by atoms with van der Waals surface area (Å²) in [5, 5.41) is 19.9. The first-order valence-corrected chi connectivity index (χ1v) is 8.49. The second kappa shape index (κ2) is 7.71. The van der Waals surface area contributed by atoms with Gasteiger partial charge in [-0.3, -0.25) is 0 Å². The summed E-state index contributed by atoms with van der Waals surface area (Å²) in [6.07, 6.45) is 0.266. The van der Waals surface area contributed by atoms with Gasteiger partial charge in [0.2, 0.25) is 0 Å². The number of benzene rings is 2. The van der Waals surface area contributed by atoms with Gasteiger partial charge >= 0.3 is 0 Å². The molecule has 0 saturated heterocycles. The number of para-hydroxylation sites is 1. The van der Waals surface area contributed by atoms with E-state index >= 15 is 0 Å². The van der Waals surface area contributed by atoms with E-state index in [9.17, 15) is 10.2 Å². The largest absolute Gasteiger partial charge is 0.508 e. The number of hydrogen-bond acceptors (Lipinski definition) is 3. The van der Waals surface area contributed by atoms with Crippen LogP contribution in [0.1, 0.15) is 51.3 Å². The van der Waals surface area contributed by atoms with E-state index in [1.807, 2.05) is 12.1 Å². The molecule has 2 N–H and O–H groups in total. The number of phenols is 1. The lowest BCUT2D eigenvalue weighted by Crippen LogP contribution is -2.19. The summed E-state index contributed by atoms with van der Waals surface area (Å²) in [5.74, 6) is 1.44. The molecule has 0 saturated carbocycles. The fraction of sp³-hybridized carbons (Fsp3) is 0.429. The molecule has 1 atom stereocenters. The van der Waals surface area contributed by atoms with E-state index in [-0.39, 0.29) is 17.8 Å². The van der Waals surface area contributed by atoms with E-state index in [1.165, 1.54) is 5.56 Å². The van der Waals surface area contributed by atoms with Crippen LogP contribution in [-0.2, 0) is 5.41 Å². The van der Waals surface area contributed by atoms with Crippen molar-refractivity contribution in [2.75, 3.05) is 6.61 Å². The SMILES string of the molecule is CC(C)CC(C)(C)c1ccc(OCC(O)c2ccccc2O)cc1. The van der Waals surface area contributed by atoms with Crippen LogP contribution >= 0.6 is 0 Å². The zero-order valence-electron chi connectivity index (χ0n) is 15.0. The van der Waals surface area contributed by atoms with Gasteiger partial charge in [-0.2, -0.15) is 0 Å². The van der Waals surface area contributed by atoms with Crippen LogP contribution in [0, 0.1) is 5.92 Å². The molecule has 24 heavy (non-hydrogen) atoms. The number of aromatic hydroxyl groups is 1. The topological polar surface area (TPSA) is 49.7 Å². The Morgan fingerprint density at radius 1 is 1.00 bits per heavy atom. The van der Waals surface area contributed by atoms with Gasteiger partial charge in [0.25, 0.3) is 0 Å². The molecular weight excluding hydrogens is 300 g/mol. The molecule has 0 radical (unpaired) electrons. The maximum Gasteiger partial charge on any atom is 0.121 e. The maximum atomic E-state index is 10.2. The maximum absolute atomic E-state index is 10.2. The van der Waals surface area contributed by atoms with Crippen molar-refractivity contribution < 1.29 is 14.9 Å². The van der Waals surface area contributed by atoms with E-state index in [0.29, 0.717) is 17.2 Å². The molecule has 0 fully saturated rings. The molecule has 2 aromatic rings. The highest BCUT2D eigenvalue weighted by atomic mass is 16.5. The summed E-state index contributed by atoms with van der Waals surface area (Å²) in [6, 6.07) is 14.8. The van der Waals surface area contributed by atoms with Crippen molar-refractivity contribution in [1.82, 2.24) is 0 Å². The van der Waals surface area contributed by atoms with Crippen molar-refractivity contribution in [2.45, 2.75) is 45.6 Å². The van der Waals surface area contributed by atoms with Crippen molar-refractivity contribution in [2.24, 2.45) is 5.92 Å². The second-order valence-electron chi connectivity index (χ2n) is 7.39. The van der Waals surface area contributed by atoms with Crippen molar-refractivity contribution in [3.63, 3.8) is 0 Å². The third-order valence-electron chi connectivity index (χ3n) is 4.26. The molecule has 0 bridgehead atoms. The lowest BCUT2D eigenvalue weighted by molar-refractivity contribution is 0.106. The van der Waals surface area contributed by atoms with Crippen LogP contribution in [-0.4, -0.2) is 16.8 Å². The van der Waals surface area contributed by atoms with Crippen LogP contribution in [0.15, 0.2) is 48.5 Å². The van der Waals surface area contributed by atoms with Gasteiger partial charge < -0.3 is 14.9 Å². The van der Waals surface area contributed by atoms with Crippen LogP contribution < -0.4 is 4.74 Å². The fourth-order valence-electron chi connectivity index (χ4n) is 3.18. The molecule has 0 aliphatic rings. The van der Waals surface area contributed by atoms with Crippen LogP contribution in [0.2, 0.25) is 0 Å². The van der Waals surface area contributed by atoms with Crippen LogP contribution in [0.4, 0.5) is 0 Å². The number of phenolic OH excluding ortho intramolecular Hbond substituents is 1. The molecule has 130 valence electrons. The highest BCUT2D eigenvalue weighted by Gasteiger charge is 2.21. The Morgan fingerprint density at radius 3 is 2.21 bits per heavy atom. The molecule has 3 heteroatoms. The predicted octanol–water partition coefficient (Wildman–Crippen LogP) is 4.83. The zero-order chi connectivity index (χ0) is 17.7. The van der Waals surface area contributed by atoms with Crippen molar-refractivity contribution in [3.05, 3.63) is 59.7 Å². The molecule has 0 spiro atoms. The first-order chi connectivity index (χ1) is 11.3. The number of hydrogen-bond donors (Lipinski definition) is 2. The second-order valence-corrected chi connectivity index (χ2v) is 7.39. The van der Waals surface area contributed by atoms with Gasteiger partial charge in [0, 0.05) is 5.56 Å². The average Bonchev–Trinajstić information content (AvgIpc) is 2.52. The molecule has 0 aromatic heterocycles. The Hall–Kier alpha value is -2.00. The number of rotatable bonds is 7. The van der Waals surface area contributed by atoms with E-state index in [0.717, 1.165) is 6.42 Å². The number of aliphatic hydroxyl groups excluding tert-OH is 1. The minimum absolute atomic E-state index is 0.0828. The molecule has 0 aliphatic heterocycles. The third-order valence-corrected chi connectivity index (χ3v) is 4.26. The fourth-order valence-corrected chi connectivity index (χ4v) is 3.18. The molecular formula is C21H28O3. The third kappa shape index (κ3) is 4.75. The number of ether oxygens (including phenoxy) is 1. The summed E-state index contributed by atoms with van der Waals surface area (Å²) in [5.41, 5.74) is 1.89. The first kappa shape index (κ1) is 18.3. The quantitative estimate of drug-likeness (QED) is 0.765. The zero-order valence-corrected chi connectivity index (χ0v) is 15.0. The Bertz CT molecular complexity index is 644. The van der Waals surface area contributed by atoms with Gasteiger partial charge in [0.15, 0.2) is 0 Å². The normalized spacial score (nSPS) is 13.1. The Balaban J connectivity index is 1.98. The molecule has 2 aromatic carbocycles. The van der Waals surface area contributed by atoms with Crippen LogP contribution in [0.5, 0.6) is 11.5 Å². The van der Waals surface area contributed by atoms with Gasteiger partial charge in [0.05, 0.1) is 0 Å². The van der Waals surface area contributed by atoms with E-state index in [4.69, 9.17) is 4.74 Å². The highest BCUT2D eigenvalue weighted by Crippen LogP contribution is 2.31. The molecule has 0 aliphatic carbocycles. The van der Waals surface area contributed by atoms with Crippen molar-refractivity contribution in [1.29, 1.82) is 0 Å². The Labute approximate surface area is 144 Å². The average molecular weight is 328 g/mol. The standard InChI is InChI=1S/C21H28O3/c1-15(2)13-21(3,4)16-9-11-17(12-10-16)24-14-20(23)18-7-5-6-8-19(18)22/h5-12,15,20,22-23H,13-14H2,1-4H3. The van der Waals surface area contributed by atoms with E-state index in [2.05, 4.69) is 39.8 Å². The lowest BCUT2D eigenvalue weighted by atomic mass is 9.78. The molecule has 2 rings (SSSR count). The van der Waals surface area contributed by atoms with Crippen molar-refractivity contribution in [3.8, 4) is 11.5 Å². The summed E-state index contributed by atoms with van der Waals surface area (Å²) >= 11 is 0. The van der Waals surface area contributed by atoms with E-state index < -0.39 is 6.10 Å². The highest BCUT2D eigenvalue weighted by molar-refractivity contribution is 5.34. The molecule has 0 heterocycles. The Morgan fingerprint density at radius 2 is 1.62 bits per heavy atom. The van der Waals surface area contributed by atoms with Gasteiger partial charge in [-0.25, -0.2) is 0 Å². The van der Waals surface area contributed by atoms with Gasteiger partial charge in [-0.15, -0.1) is 0 Å². The van der Waals surface area contributed by atoms with Crippen LogP contribution in [0.25, 0.3) is 0 Å². The molecule has 1 unspecified atom stereocenters. The summed E-state index contributed by atoms with van der Waals surface area (Å²) in [7, 11) is 0. The lowest BCUT2D eigenvalue weighted by Gasteiger charge is -2.27. The Kier molecular flexibility index (Phi) is 5.89. The minimum atomic E-state index is -0.858. The summed E-state index contributed by atoms with van der Waals surface area (Å²) in [4.78, 5) is 0. The van der Waals surface area contributed by atoms with Gasteiger partial charge in [0.1, 0.15) is 24.2 Å². The van der Waals surface area contributed by atoms with Gasteiger partial charge in [-0.1, -0.05) is 58.0 Å². The van der Waals surface area contributed by atoms with Crippen molar-refractivity contribution >= 4 is 0 Å². The van der Waals surface area contributed by atoms with Crippen LogP contribution in [0.3, 0.4) is 0 Å². The minimum Gasteiger partial charge on any atom is -0.508 e. The van der Waals surface area contributed by atoms with Gasteiger partial charge in [-0.05, 0) is 41.5 Å². The monoisotopic (exact) mass is 328 g/mol.